The molecule has 2 saturated heterocycles. The number of likely N-dealkylation sites (tertiary alicyclic amines) is 1. The number of aryl methyl sites for hydroxylation is 1. The first-order valence-electron chi connectivity index (χ1n) is 8.90. The Morgan fingerprint density at radius 2 is 1.83 bits per heavy atom. The van der Waals surface area contributed by atoms with Crippen molar-refractivity contribution in [3.63, 3.8) is 0 Å². The molecule has 7 nitrogen and oxygen atoms in total. The number of hydrogen-bond acceptors (Lipinski definition) is 5. The van der Waals surface area contributed by atoms with Gasteiger partial charge >= 0.3 is 0 Å². The van der Waals surface area contributed by atoms with Crippen LogP contribution < -0.4 is 4.90 Å². The number of carbonyl (C=O) groups excluding carboxylic acids is 1. The first-order valence-corrected chi connectivity index (χ1v) is 8.90. The topological polar surface area (TPSA) is 67.2 Å². The van der Waals surface area contributed by atoms with E-state index in [-0.39, 0.29) is 5.92 Å². The molecule has 4 rings (SSSR count). The van der Waals surface area contributed by atoms with Gasteiger partial charge in [0.15, 0.2) is 5.65 Å². The molecule has 0 bridgehead atoms. The zero-order valence-corrected chi connectivity index (χ0v) is 14.2. The Kier molecular flexibility index (Phi) is 4.08. The van der Waals surface area contributed by atoms with Crippen molar-refractivity contribution in [2.45, 2.75) is 32.1 Å². The fourth-order valence-corrected chi connectivity index (χ4v) is 3.91. The molecule has 0 aromatic carbocycles. The van der Waals surface area contributed by atoms with Crippen molar-refractivity contribution >= 4 is 22.8 Å². The van der Waals surface area contributed by atoms with Crippen LogP contribution >= 0.6 is 0 Å². The van der Waals surface area contributed by atoms with Crippen LogP contribution in [-0.4, -0.2) is 56.7 Å². The molecule has 0 spiro atoms. The molecule has 7 heteroatoms. The Hall–Kier alpha value is -2.18. The molecule has 0 aliphatic carbocycles. The van der Waals surface area contributed by atoms with Crippen molar-refractivity contribution in [3.05, 3.63) is 12.5 Å². The van der Waals surface area contributed by atoms with Crippen LogP contribution in [0.1, 0.15) is 32.1 Å². The molecule has 0 atom stereocenters. The Morgan fingerprint density at radius 3 is 2.58 bits per heavy atom. The third-order valence-electron chi connectivity index (χ3n) is 5.32. The lowest BCUT2D eigenvalue weighted by atomic mass is 9.94. The van der Waals surface area contributed by atoms with E-state index in [4.69, 9.17) is 0 Å². The van der Waals surface area contributed by atoms with Gasteiger partial charge in [0.25, 0.3) is 0 Å². The van der Waals surface area contributed by atoms with Gasteiger partial charge in [0.2, 0.25) is 5.91 Å². The van der Waals surface area contributed by atoms with Gasteiger partial charge in [0, 0.05) is 39.1 Å². The standard InChI is InChI=1S/C17H24N6O/c1-21-15-14(11-20-21)16(19-12-18-15)22-9-5-13(6-10-22)17(24)23-7-3-2-4-8-23/h11-13H,2-10H2,1H3. The molecule has 24 heavy (non-hydrogen) atoms. The molecular weight excluding hydrogens is 304 g/mol. The molecule has 2 aromatic heterocycles. The molecule has 4 heterocycles. The van der Waals surface area contributed by atoms with Crippen molar-refractivity contribution in [2.24, 2.45) is 13.0 Å². The highest BCUT2D eigenvalue weighted by Gasteiger charge is 2.30. The van der Waals surface area contributed by atoms with E-state index < -0.39 is 0 Å². The van der Waals surface area contributed by atoms with E-state index in [9.17, 15) is 4.79 Å². The molecule has 2 fully saturated rings. The number of aromatic nitrogens is 4. The predicted octanol–water partition coefficient (Wildman–Crippen LogP) is 1.59. The summed E-state index contributed by atoms with van der Waals surface area (Å²) in [5.74, 6) is 1.48. The smallest absolute Gasteiger partial charge is 0.225 e. The highest BCUT2D eigenvalue weighted by atomic mass is 16.2. The summed E-state index contributed by atoms with van der Waals surface area (Å²) in [5, 5.41) is 5.27. The molecule has 0 unspecified atom stereocenters. The average molecular weight is 328 g/mol. The number of carbonyl (C=O) groups is 1. The van der Waals surface area contributed by atoms with Crippen LogP contribution in [0, 0.1) is 5.92 Å². The number of amides is 1. The maximum Gasteiger partial charge on any atom is 0.225 e. The van der Waals surface area contributed by atoms with Gasteiger partial charge in [-0.15, -0.1) is 0 Å². The fourth-order valence-electron chi connectivity index (χ4n) is 3.91. The fraction of sp³-hybridized carbons (Fsp3) is 0.647. The molecule has 2 aromatic rings. The second-order valence-electron chi connectivity index (χ2n) is 6.85. The summed E-state index contributed by atoms with van der Waals surface area (Å²) in [7, 11) is 1.89. The Balaban J connectivity index is 1.44. The summed E-state index contributed by atoms with van der Waals surface area (Å²) in [6.07, 6.45) is 8.81. The number of rotatable bonds is 2. The first kappa shape index (κ1) is 15.4. The van der Waals surface area contributed by atoms with Gasteiger partial charge < -0.3 is 9.80 Å². The maximum atomic E-state index is 12.7. The molecule has 0 N–H and O–H groups in total. The number of hydrogen-bond donors (Lipinski definition) is 0. The minimum Gasteiger partial charge on any atom is -0.356 e. The van der Waals surface area contributed by atoms with Crippen LogP contribution in [0.4, 0.5) is 5.82 Å². The van der Waals surface area contributed by atoms with Gasteiger partial charge in [0.05, 0.1) is 11.6 Å². The summed E-state index contributed by atoms with van der Waals surface area (Å²) in [5.41, 5.74) is 0.853. The van der Waals surface area contributed by atoms with Gasteiger partial charge in [-0.1, -0.05) is 0 Å². The third kappa shape index (κ3) is 2.72. The Bertz CT molecular complexity index is 728. The number of anilines is 1. The van der Waals surface area contributed by atoms with Crippen molar-refractivity contribution in [2.75, 3.05) is 31.1 Å². The normalized spacial score (nSPS) is 19.9. The molecule has 0 radical (unpaired) electrons. The molecule has 0 saturated carbocycles. The highest BCUT2D eigenvalue weighted by molar-refractivity contribution is 5.87. The first-order chi connectivity index (χ1) is 11.7. The number of nitrogens with zero attached hydrogens (tertiary/aromatic N) is 6. The summed E-state index contributed by atoms with van der Waals surface area (Å²) in [6, 6.07) is 0. The maximum absolute atomic E-state index is 12.7. The molecular formula is C17H24N6O. The second-order valence-corrected chi connectivity index (χ2v) is 6.85. The van der Waals surface area contributed by atoms with Crippen molar-refractivity contribution in [1.82, 2.24) is 24.6 Å². The number of fused-ring (bicyclic) bond motifs is 1. The second kappa shape index (κ2) is 6.37. The van der Waals surface area contributed by atoms with E-state index in [1.807, 2.05) is 13.2 Å². The van der Waals surface area contributed by atoms with Crippen LogP contribution in [0.25, 0.3) is 11.0 Å². The molecule has 128 valence electrons. The third-order valence-corrected chi connectivity index (χ3v) is 5.32. The minimum atomic E-state index is 0.172. The van der Waals surface area contributed by atoms with Gasteiger partial charge in [-0.25, -0.2) is 9.97 Å². The van der Waals surface area contributed by atoms with E-state index in [2.05, 4.69) is 24.9 Å². The zero-order valence-electron chi connectivity index (χ0n) is 14.2. The zero-order chi connectivity index (χ0) is 16.5. The van der Waals surface area contributed by atoms with E-state index in [0.717, 1.165) is 68.7 Å². The predicted molar refractivity (Wildman–Crippen MR) is 91.7 cm³/mol. The lowest BCUT2D eigenvalue weighted by Gasteiger charge is -2.36. The van der Waals surface area contributed by atoms with Crippen molar-refractivity contribution < 1.29 is 4.79 Å². The van der Waals surface area contributed by atoms with Crippen LogP contribution in [-0.2, 0) is 11.8 Å². The van der Waals surface area contributed by atoms with Gasteiger partial charge in [0.1, 0.15) is 12.1 Å². The summed E-state index contributed by atoms with van der Waals surface area (Å²) in [6.45, 7) is 3.62. The quantitative estimate of drug-likeness (QED) is 0.837. The van der Waals surface area contributed by atoms with Crippen molar-refractivity contribution in [3.8, 4) is 0 Å². The lowest BCUT2D eigenvalue weighted by Crippen LogP contribution is -2.44. The Labute approximate surface area is 141 Å². The summed E-state index contributed by atoms with van der Waals surface area (Å²) >= 11 is 0. The van der Waals surface area contributed by atoms with E-state index in [1.165, 1.54) is 6.42 Å². The van der Waals surface area contributed by atoms with Gasteiger partial charge in [-0.05, 0) is 32.1 Å². The van der Waals surface area contributed by atoms with E-state index in [1.54, 1.807) is 11.0 Å². The van der Waals surface area contributed by atoms with Crippen LogP contribution in [0.5, 0.6) is 0 Å². The van der Waals surface area contributed by atoms with Gasteiger partial charge in [-0.2, -0.15) is 5.10 Å². The molecule has 1 amide bonds. The lowest BCUT2D eigenvalue weighted by molar-refractivity contribution is -0.137. The minimum absolute atomic E-state index is 0.172. The van der Waals surface area contributed by atoms with Crippen LogP contribution in [0.2, 0.25) is 0 Å². The van der Waals surface area contributed by atoms with Gasteiger partial charge in [-0.3, -0.25) is 9.48 Å². The van der Waals surface area contributed by atoms with E-state index >= 15 is 0 Å². The monoisotopic (exact) mass is 328 g/mol. The van der Waals surface area contributed by atoms with Crippen LogP contribution in [0.15, 0.2) is 12.5 Å². The average Bonchev–Trinajstić information content (AvgIpc) is 3.03. The Morgan fingerprint density at radius 1 is 1.08 bits per heavy atom. The van der Waals surface area contributed by atoms with E-state index in [0.29, 0.717) is 5.91 Å². The molecule has 2 aliphatic heterocycles. The number of piperidine rings is 2. The van der Waals surface area contributed by atoms with Crippen molar-refractivity contribution in [1.29, 1.82) is 0 Å². The highest BCUT2D eigenvalue weighted by Crippen LogP contribution is 2.28. The SMILES string of the molecule is Cn1ncc2c(N3CCC(C(=O)N4CCCCC4)CC3)ncnc21. The largest absolute Gasteiger partial charge is 0.356 e. The molecule has 2 aliphatic rings. The summed E-state index contributed by atoms with van der Waals surface area (Å²) < 4.78 is 1.77. The summed E-state index contributed by atoms with van der Waals surface area (Å²) in [4.78, 5) is 25.8. The van der Waals surface area contributed by atoms with Crippen LogP contribution in [0.3, 0.4) is 0 Å².